The molecule has 1 rings (SSSR count). The van der Waals surface area contributed by atoms with E-state index in [1.165, 1.54) is 12.4 Å². The van der Waals surface area contributed by atoms with Gasteiger partial charge in [0.2, 0.25) is 0 Å². The second-order valence-corrected chi connectivity index (χ2v) is 3.88. The molecule has 0 spiro atoms. The average Bonchev–Trinajstić information content (AvgIpc) is 2.29. The lowest BCUT2D eigenvalue weighted by molar-refractivity contribution is 0.0690. The fraction of sp³-hybridized carbons (Fsp3) is 0.300. The summed E-state index contributed by atoms with van der Waals surface area (Å²) < 4.78 is 0. The molecule has 0 bridgehead atoms. The zero-order valence-electron chi connectivity index (χ0n) is 8.51. The number of thioether (sulfide) groups is 1. The molecule has 2 N–H and O–H groups in total. The Morgan fingerprint density at radius 3 is 3.12 bits per heavy atom. The van der Waals surface area contributed by atoms with Gasteiger partial charge >= 0.3 is 5.97 Å². The first-order chi connectivity index (χ1) is 7.74. The number of nitrogens with zero attached hydrogens (tertiary/aromatic N) is 2. The Balaban J connectivity index is 2.39. The van der Waals surface area contributed by atoms with Crippen molar-refractivity contribution in [3.05, 3.63) is 18.1 Å². The Hall–Kier alpha value is -1.74. The number of terminal acetylenes is 1. The van der Waals surface area contributed by atoms with Crippen LogP contribution < -0.4 is 5.32 Å². The first kappa shape index (κ1) is 12.3. The van der Waals surface area contributed by atoms with Gasteiger partial charge in [0.1, 0.15) is 5.82 Å². The first-order valence-corrected chi connectivity index (χ1v) is 5.70. The van der Waals surface area contributed by atoms with E-state index in [0.717, 1.165) is 5.75 Å². The van der Waals surface area contributed by atoms with E-state index in [1.54, 1.807) is 11.8 Å². The summed E-state index contributed by atoms with van der Waals surface area (Å²) in [6, 6.07) is 0. The van der Waals surface area contributed by atoms with Gasteiger partial charge < -0.3 is 10.4 Å². The number of rotatable bonds is 6. The Kier molecular flexibility index (Phi) is 5.16. The van der Waals surface area contributed by atoms with Gasteiger partial charge in [-0.3, -0.25) is 4.98 Å². The highest BCUT2D eigenvalue weighted by atomic mass is 32.2. The maximum atomic E-state index is 10.6. The molecule has 0 unspecified atom stereocenters. The molecule has 0 fully saturated rings. The molecule has 5 nitrogen and oxygen atoms in total. The first-order valence-electron chi connectivity index (χ1n) is 4.54. The van der Waals surface area contributed by atoms with Crippen LogP contribution in [0.4, 0.5) is 5.82 Å². The van der Waals surface area contributed by atoms with Gasteiger partial charge in [0.15, 0.2) is 5.69 Å². The summed E-state index contributed by atoms with van der Waals surface area (Å²) in [4.78, 5) is 18.3. The van der Waals surface area contributed by atoms with E-state index in [4.69, 9.17) is 11.5 Å². The van der Waals surface area contributed by atoms with Crippen LogP contribution in [0, 0.1) is 12.3 Å². The number of hydrogen-bond donors (Lipinski definition) is 2. The summed E-state index contributed by atoms with van der Waals surface area (Å²) in [5.74, 6) is 3.40. The smallest absolute Gasteiger partial charge is 0.356 e. The summed E-state index contributed by atoms with van der Waals surface area (Å²) in [5.41, 5.74) is -0.0683. The molecule has 1 heterocycles. The number of aromatic nitrogens is 2. The molecule has 0 saturated heterocycles. The van der Waals surface area contributed by atoms with Crippen LogP contribution in [0.5, 0.6) is 0 Å². The third kappa shape index (κ3) is 4.19. The fourth-order valence-electron chi connectivity index (χ4n) is 0.937. The van der Waals surface area contributed by atoms with Gasteiger partial charge in [-0.1, -0.05) is 5.92 Å². The van der Waals surface area contributed by atoms with E-state index >= 15 is 0 Å². The van der Waals surface area contributed by atoms with Crippen LogP contribution in [0.3, 0.4) is 0 Å². The topological polar surface area (TPSA) is 75.1 Å². The monoisotopic (exact) mass is 237 g/mol. The molecular weight excluding hydrogens is 226 g/mol. The second-order valence-electron chi connectivity index (χ2n) is 2.78. The molecule has 0 atom stereocenters. The molecule has 0 amide bonds. The highest BCUT2D eigenvalue weighted by Crippen LogP contribution is 2.03. The van der Waals surface area contributed by atoms with Crippen molar-refractivity contribution in [1.29, 1.82) is 0 Å². The average molecular weight is 237 g/mol. The lowest BCUT2D eigenvalue weighted by atomic mass is 10.4. The molecule has 0 aliphatic carbocycles. The van der Waals surface area contributed by atoms with Crippen LogP contribution in [0.2, 0.25) is 0 Å². The summed E-state index contributed by atoms with van der Waals surface area (Å²) >= 11 is 1.62. The van der Waals surface area contributed by atoms with Crippen molar-refractivity contribution >= 4 is 23.5 Å². The third-order valence-electron chi connectivity index (χ3n) is 1.59. The number of carboxylic acid groups (broad SMARTS) is 1. The highest BCUT2D eigenvalue weighted by molar-refractivity contribution is 7.99. The van der Waals surface area contributed by atoms with Gasteiger partial charge in [-0.25, -0.2) is 9.78 Å². The van der Waals surface area contributed by atoms with Crippen molar-refractivity contribution in [3.8, 4) is 12.3 Å². The maximum Gasteiger partial charge on any atom is 0.356 e. The van der Waals surface area contributed by atoms with Crippen LogP contribution >= 0.6 is 11.8 Å². The molecule has 0 radical (unpaired) electrons. The van der Waals surface area contributed by atoms with Crippen LogP contribution in [-0.4, -0.2) is 39.1 Å². The SMILES string of the molecule is C#CCSCCNc1cncc(C(=O)O)n1. The maximum absolute atomic E-state index is 10.6. The summed E-state index contributed by atoms with van der Waals surface area (Å²) in [5, 5.41) is 11.7. The van der Waals surface area contributed by atoms with E-state index in [1.807, 2.05) is 0 Å². The Morgan fingerprint density at radius 2 is 2.44 bits per heavy atom. The Bertz CT molecular complexity index is 403. The minimum Gasteiger partial charge on any atom is -0.476 e. The number of nitrogens with one attached hydrogen (secondary N) is 1. The van der Waals surface area contributed by atoms with Crippen LogP contribution in [0.15, 0.2) is 12.4 Å². The van der Waals surface area contributed by atoms with Gasteiger partial charge in [0, 0.05) is 12.3 Å². The normalized spacial score (nSPS) is 9.44. The Labute approximate surface area is 97.7 Å². The van der Waals surface area contributed by atoms with Gasteiger partial charge in [-0.05, 0) is 0 Å². The summed E-state index contributed by atoms with van der Waals surface area (Å²) in [6.07, 6.45) is 7.79. The summed E-state index contributed by atoms with van der Waals surface area (Å²) in [6.45, 7) is 0.671. The molecule has 6 heteroatoms. The zero-order valence-corrected chi connectivity index (χ0v) is 9.33. The molecule has 1 aromatic heterocycles. The van der Waals surface area contributed by atoms with E-state index in [2.05, 4.69) is 21.2 Å². The molecule has 0 saturated carbocycles. The van der Waals surface area contributed by atoms with Crippen LogP contribution in [-0.2, 0) is 0 Å². The van der Waals surface area contributed by atoms with Crippen molar-refractivity contribution in [2.45, 2.75) is 0 Å². The minimum atomic E-state index is -1.09. The Morgan fingerprint density at radius 1 is 1.62 bits per heavy atom. The molecule has 0 aliphatic rings. The molecule has 1 aromatic rings. The number of hydrogen-bond acceptors (Lipinski definition) is 5. The van der Waals surface area contributed by atoms with Crippen LogP contribution in [0.1, 0.15) is 10.5 Å². The summed E-state index contributed by atoms with van der Waals surface area (Å²) in [7, 11) is 0. The van der Waals surface area contributed by atoms with Crippen molar-refractivity contribution in [1.82, 2.24) is 9.97 Å². The van der Waals surface area contributed by atoms with E-state index in [0.29, 0.717) is 18.1 Å². The largest absolute Gasteiger partial charge is 0.476 e. The predicted molar refractivity (Wildman–Crippen MR) is 63.6 cm³/mol. The number of carbonyl (C=O) groups is 1. The quantitative estimate of drug-likeness (QED) is 0.567. The number of carboxylic acids is 1. The molecular formula is C10H11N3O2S. The highest BCUT2D eigenvalue weighted by Gasteiger charge is 2.05. The molecule has 16 heavy (non-hydrogen) atoms. The van der Waals surface area contributed by atoms with E-state index in [-0.39, 0.29) is 5.69 Å². The standard InChI is InChI=1S/C10H11N3O2S/c1-2-4-16-5-3-12-9-7-11-6-8(13-9)10(14)15/h1,6-7H,3-5H2,(H,12,13)(H,14,15). The number of anilines is 1. The predicted octanol–water partition coefficient (Wildman–Crippen LogP) is 0.953. The van der Waals surface area contributed by atoms with Crippen molar-refractivity contribution < 1.29 is 9.90 Å². The zero-order chi connectivity index (χ0) is 11.8. The lowest BCUT2D eigenvalue weighted by Crippen LogP contribution is -2.09. The van der Waals surface area contributed by atoms with Crippen molar-refractivity contribution in [2.24, 2.45) is 0 Å². The van der Waals surface area contributed by atoms with E-state index < -0.39 is 5.97 Å². The lowest BCUT2D eigenvalue weighted by Gasteiger charge is -2.04. The molecule has 0 aliphatic heterocycles. The van der Waals surface area contributed by atoms with Crippen molar-refractivity contribution in [3.63, 3.8) is 0 Å². The van der Waals surface area contributed by atoms with Gasteiger partial charge in [0.25, 0.3) is 0 Å². The van der Waals surface area contributed by atoms with Gasteiger partial charge in [-0.15, -0.1) is 18.2 Å². The molecule has 0 aromatic carbocycles. The van der Waals surface area contributed by atoms with E-state index in [9.17, 15) is 4.79 Å². The van der Waals surface area contributed by atoms with Gasteiger partial charge in [0.05, 0.1) is 18.1 Å². The fourth-order valence-corrected chi connectivity index (χ4v) is 1.45. The third-order valence-corrected chi connectivity index (χ3v) is 2.46. The van der Waals surface area contributed by atoms with Crippen LogP contribution in [0.25, 0.3) is 0 Å². The van der Waals surface area contributed by atoms with Gasteiger partial charge in [-0.2, -0.15) is 0 Å². The minimum absolute atomic E-state index is 0.0683. The number of aromatic carboxylic acids is 1. The second kappa shape index (κ2) is 6.69. The van der Waals surface area contributed by atoms with Crippen molar-refractivity contribution in [2.75, 3.05) is 23.4 Å². The molecule has 84 valence electrons.